The number of benzene rings is 2. The van der Waals surface area contributed by atoms with Gasteiger partial charge in [0.25, 0.3) is 11.8 Å². The van der Waals surface area contributed by atoms with Crippen molar-refractivity contribution in [3.8, 4) is 0 Å². The van der Waals surface area contributed by atoms with Crippen LogP contribution in [0.2, 0.25) is 0 Å². The monoisotopic (exact) mass is 685 g/mol. The van der Waals surface area contributed by atoms with E-state index in [-0.39, 0.29) is 34.5 Å². The first-order valence-electron chi connectivity index (χ1n) is 16.5. The van der Waals surface area contributed by atoms with E-state index >= 15 is 0 Å². The molecule has 0 aromatic heterocycles. The Hall–Kier alpha value is -4.29. The average Bonchev–Trinajstić information content (AvgIpc) is 3.28. The second-order valence-electron chi connectivity index (χ2n) is 15.3. The van der Waals surface area contributed by atoms with Crippen molar-refractivity contribution in [2.45, 2.75) is 97.9 Å². The van der Waals surface area contributed by atoms with Crippen LogP contribution in [0.1, 0.15) is 113 Å². The zero-order valence-electron chi connectivity index (χ0n) is 29.0. The lowest BCUT2D eigenvalue weighted by atomic mass is 9.69. The van der Waals surface area contributed by atoms with Gasteiger partial charge >= 0.3 is 6.18 Å². The smallest absolute Gasteiger partial charge is 0.384 e. The number of alkyl halides is 3. The highest BCUT2D eigenvalue weighted by atomic mass is 19.4. The summed E-state index contributed by atoms with van der Waals surface area (Å²) < 4.78 is 55.9. The van der Waals surface area contributed by atoms with Crippen LogP contribution >= 0.6 is 0 Å². The highest BCUT2D eigenvalue weighted by Crippen LogP contribution is 2.50. The molecule has 1 atom stereocenters. The lowest BCUT2D eigenvalue weighted by Crippen LogP contribution is -2.51. The van der Waals surface area contributed by atoms with Gasteiger partial charge in [0.2, 0.25) is 0 Å². The molecule has 0 bridgehead atoms. The number of nitrogens with zero attached hydrogens (tertiary/aromatic N) is 4. The normalized spacial score (nSPS) is 21.1. The molecule has 49 heavy (non-hydrogen) atoms. The van der Waals surface area contributed by atoms with Gasteiger partial charge in [0, 0.05) is 17.8 Å². The van der Waals surface area contributed by atoms with E-state index < -0.39 is 41.1 Å². The topological polar surface area (TPSA) is 125 Å². The summed E-state index contributed by atoms with van der Waals surface area (Å²) in [5, 5.41) is 9.76. The summed E-state index contributed by atoms with van der Waals surface area (Å²) in [5.41, 5.74) is 6.46. The molecule has 2 amide bonds. The van der Waals surface area contributed by atoms with Crippen molar-refractivity contribution in [1.29, 1.82) is 0 Å². The molecule has 1 unspecified atom stereocenters. The second kappa shape index (κ2) is 14.3. The molecule has 1 heterocycles. The second-order valence-corrected chi connectivity index (χ2v) is 15.3. The van der Waals surface area contributed by atoms with Crippen molar-refractivity contribution in [3.63, 3.8) is 0 Å². The van der Waals surface area contributed by atoms with Gasteiger partial charge in [0.1, 0.15) is 23.0 Å². The van der Waals surface area contributed by atoms with Crippen LogP contribution in [0.25, 0.3) is 0 Å². The van der Waals surface area contributed by atoms with Crippen molar-refractivity contribution in [2.24, 2.45) is 37.7 Å². The third kappa shape index (κ3) is 9.04. The minimum Gasteiger partial charge on any atom is -0.384 e. The maximum Gasteiger partial charge on any atom is 0.416 e. The number of amides is 2. The molecule has 1 aliphatic heterocycles. The number of nitrogens with one attached hydrogen (secondary N) is 2. The fourth-order valence-electron chi connectivity index (χ4n) is 6.70. The van der Waals surface area contributed by atoms with E-state index in [0.29, 0.717) is 43.2 Å². The predicted octanol–water partition coefficient (Wildman–Crippen LogP) is 7.18. The minimum atomic E-state index is -4.80. The number of hydrogen-bond acceptors (Lipinski definition) is 6. The molecule has 266 valence electrons. The van der Waals surface area contributed by atoms with Gasteiger partial charge in [-0.3, -0.25) is 14.6 Å². The molecule has 2 aromatic rings. The van der Waals surface area contributed by atoms with Crippen LogP contribution in [0, 0.1) is 22.6 Å². The quantitative estimate of drug-likeness (QED) is 0.106. The van der Waals surface area contributed by atoms with Crippen LogP contribution in [0.15, 0.2) is 57.7 Å². The highest BCUT2D eigenvalue weighted by Gasteiger charge is 2.53. The van der Waals surface area contributed by atoms with E-state index in [1.54, 1.807) is 29.2 Å². The molecular weight excluding hydrogens is 638 g/mol. The molecule has 1 spiro atoms. The Bertz CT molecular complexity index is 1600. The molecule has 2 aromatic carbocycles. The van der Waals surface area contributed by atoms with Gasteiger partial charge in [-0.15, -0.1) is 5.10 Å². The number of hydrazone groups is 2. The number of nitrogens with two attached hydrogens (primary N) is 1. The van der Waals surface area contributed by atoms with Crippen LogP contribution in [-0.2, 0) is 11.0 Å². The van der Waals surface area contributed by atoms with E-state index in [2.05, 4.69) is 69.3 Å². The van der Waals surface area contributed by atoms with Crippen LogP contribution in [0.5, 0.6) is 0 Å². The van der Waals surface area contributed by atoms with Crippen LogP contribution in [-0.4, -0.2) is 47.2 Å². The van der Waals surface area contributed by atoms with Gasteiger partial charge in [-0.2, -0.15) is 23.8 Å². The Morgan fingerprint density at radius 1 is 1.08 bits per heavy atom. The van der Waals surface area contributed by atoms with Gasteiger partial charge in [-0.1, -0.05) is 53.7 Å². The maximum atomic E-state index is 14.6. The van der Waals surface area contributed by atoms with Gasteiger partial charge in [-0.25, -0.2) is 4.39 Å². The van der Waals surface area contributed by atoms with E-state index in [0.717, 1.165) is 30.5 Å². The number of aliphatic imine (C=N–C) groups is 1. The zero-order valence-corrected chi connectivity index (χ0v) is 29.0. The van der Waals surface area contributed by atoms with Gasteiger partial charge in [-0.05, 0) is 91.2 Å². The number of hydrogen-bond donors (Lipinski definition) is 3. The number of carbonyl (C=O) groups is 2. The van der Waals surface area contributed by atoms with E-state index in [1.807, 2.05) is 0 Å². The Kier molecular flexibility index (Phi) is 10.9. The predicted molar refractivity (Wildman–Crippen MR) is 183 cm³/mol. The summed E-state index contributed by atoms with van der Waals surface area (Å²) >= 11 is 0. The SMILES string of the molecule is C=NN/N=C(\N)CNC(=O)c1ccc(C(CCC(C)(C)C)N2C(=O)C(c3cc(F)cc(C(F)(F)F)c3)=NC23CCC(C(C)(C)C)CC3)cc1. The van der Waals surface area contributed by atoms with Gasteiger partial charge in [0.15, 0.2) is 0 Å². The Balaban J connectivity index is 1.76. The van der Waals surface area contributed by atoms with Crippen molar-refractivity contribution < 1.29 is 27.2 Å². The summed E-state index contributed by atoms with van der Waals surface area (Å²) in [7, 11) is 0. The van der Waals surface area contributed by atoms with Crippen molar-refractivity contribution in [2.75, 3.05) is 6.54 Å². The van der Waals surface area contributed by atoms with E-state index in [4.69, 9.17) is 10.7 Å². The summed E-state index contributed by atoms with van der Waals surface area (Å²) in [5.74, 6) is -1.58. The third-order valence-electron chi connectivity index (χ3n) is 9.43. The first kappa shape index (κ1) is 37.5. The van der Waals surface area contributed by atoms with Gasteiger partial charge in [0.05, 0.1) is 18.2 Å². The third-order valence-corrected chi connectivity index (χ3v) is 9.43. The summed E-state index contributed by atoms with van der Waals surface area (Å²) in [6.07, 6.45) is -1.02. The first-order chi connectivity index (χ1) is 22.7. The van der Waals surface area contributed by atoms with Crippen LogP contribution in [0.3, 0.4) is 0 Å². The van der Waals surface area contributed by atoms with E-state index in [9.17, 15) is 27.2 Å². The standard InChI is InChI=1S/C36H47F4N7O2/c1-33(2,3)15-14-28(22-8-10-23(11-9-22)31(48)43-21-29(41)45-46-42-7)47-32(49)30(24-18-26(36(38,39)40)20-27(37)19-24)44-35(47)16-12-25(13-17-35)34(4,5)6/h8-11,18-20,25,28,46H,7,12-17,21H2,1-6H3,(H2,41,45)(H,43,48). The molecule has 13 heteroatoms. The summed E-state index contributed by atoms with van der Waals surface area (Å²) in [4.78, 5) is 34.1. The Labute approximate surface area is 285 Å². The van der Waals surface area contributed by atoms with Crippen molar-refractivity contribution in [3.05, 3.63) is 70.5 Å². The molecule has 4 N–H and O–H groups in total. The Morgan fingerprint density at radius 3 is 2.27 bits per heavy atom. The fraction of sp³-hybridized carbons (Fsp3) is 0.528. The molecule has 4 rings (SSSR count). The lowest BCUT2D eigenvalue weighted by molar-refractivity contribution is -0.138. The van der Waals surface area contributed by atoms with Gasteiger partial charge < -0.3 is 16.0 Å². The van der Waals surface area contributed by atoms with E-state index in [1.165, 1.54) is 0 Å². The highest BCUT2D eigenvalue weighted by molar-refractivity contribution is 6.46. The number of rotatable bonds is 10. The van der Waals surface area contributed by atoms with Crippen LogP contribution < -0.4 is 16.6 Å². The van der Waals surface area contributed by atoms with Crippen LogP contribution in [0.4, 0.5) is 17.6 Å². The molecule has 1 aliphatic carbocycles. The molecule has 2 aliphatic rings. The summed E-state index contributed by atoms with van der Waals surface area (Å²) in [6, 6.07) is 8.52. The molecule has 1 saturated carbocycles. The Morgan fingerprint density at radius 2 is 1.71 bits per heavy atom. The molecule has 0 saturated heterocycles. The van der Waals surface area contributed by atoms with Crippen molar-refractivity contribution >= 4 is 30.1 Å². The zero-order chi connectivity index (χ0) is 36.4. The molecule has 1 fully saturated rings. The lowest BCUT2D eigenvalue weighted by Gasteiger charge is -2.47. The average molecular weight is 686 g/mol. The first-order valence-corrected chi connectivity index (χ1v) is 16.5. The number of halogens is 4. The number of carbonyl (C=O) groups excluding carboxylic acids is 2. The number of amidine groups is 1. The maximum absolute atomic E-state index is 14.6. The molecule has 0 radical (unpaired) electrons. The summed E-state index contributed by atoms with van der Waals surface area (Å²) in [6.45, 7) is 16.0. The minimum absolute atomic E-state index is 0.0172. The van der Waals surface area contributed by atoms with Crippen molar-refractivity contribution in [1.82, 2.24) is 15.8 Å². The molecule has 9 nitrogen and oxygen atoms in total. The molecular formula is C36H47F4N7O2. The fourth-order valence-corrected chi connectivity index (χ4v) is 6.70. The largest absolute Gasteiger partial charge is 0.416 e.